The summed E-state index contributed by atoms with van der Waals surface area (Å²) in [6.07, 6.45) is 0. The molecule has 30 heavy (non-hydrogen) atoms. The van der Waals surface area contributed by atoms with Crippen LogP contribution in [0.25, 0.3) is 22.5 Å². The molecular weight excluding hydrogens is 370 g/mol. The molecule has 0 amide bonds. The number of hydrazone groups is 1. The molecule has 0 spiro atoms. The van der Waals surface area contributed by atoms with Crippen molar-refractivity contribution in [2.24, 2.45) is 10.9 Å². The van der Waals surface area contributed by atoms with E-state index < -0.39 is 0 Å². The Morgan fingerprint density at radius 3 is 2.00 bits per heavy atom. The molecule has 4 rings (SSSR count). The van der Waals surface area contributed by atoms with E-state index >= 15 is 0 Å². The molecule has 0 aliphatic carbocycles. The number of aromatic nitrogens is 2. The molecule has 0 fully saturated rings. The number of nitrogens with two attached hydrogens (primary N) is 1. The number of benzene rings is 3. The van der Waals surface area contributed by atoms with Gasteiger partial charge in [0.1, 0.15) is 5.71 Å². The number of nitrogens with zero attached hydrogens (tertiary/aromatic N) is 4. The molecule has 0 saturated carbocycles. The molecule has 144 valence electrons. The van der Waals surface area contributed by atoms with Crippen molar-refractivity contribution < 1.29 is 0 Å². The SMILES string of the molecule is Cc1ccc(-c2cc(-c3ccccc3)nc(/C(=N/N)c3ccc(C#N)cc3)n2)cc1. The van der Waals surface area contributed by atoms with Crippen LogP contribution in [0.3, 0.4) is 0 Å². The van der Waals surface area contributed by atoms with E-state index in [0.717, 1.165) is 28.1 Å². The largest absolute Gasteiger partial charge is 0.323 e. The fraction of sp³-hybridized carbons (Fsp3) is 0.0400. The van der Waals surface area contributed by atoms with Crippen molar-refractivity contribution in [1.82, 2.24) is 9.97 Å². The summed E-state index contributed by atoms with van der Waals surface area (Å²) in [4.78, 5) is 9.51. The minimum Gasteiger partial charge on any atom is -0.323 e. The van der Waals surface area contributed by atoms with Crippen LogP contribution in [0.15, 0.2) is 90.0 Å². The van der Waals surface area contributed by atoms with Crippen molar-refractivity contribution in [3.63, 3.8) is 0 Å². The average molecular weight is 389 g/mol. The summed E-state index contributed by atoms with van der Waals surface area (Å²) in [5.74, 6) is 6.18. The number of nitriles is 1. The van der Waals surface area contributed by atoms with Gasteiger partial charge < -0.3 is 5.84 Å². The first kappa shape index (κ1) is 19.0. The number of aryl methyl sites for hydroxylation is 1. The molecule has 5 nitrogen and oxygen atoms in total. The van der Waals surface area contributed by atoms with Crippen LogP contribution < -0.4 is 5.84 Å². The molecule has 4 aromatic rings. The van der Waals surface area contributed by atoms with Crippen LogP contribution >= 0.6 is 0 Å². The number of hydrogen-bond donors (Lipinski definition) is 1. The predicted octanol–water partition coefficient (Wildman–Crippen LogP) is 4.70. The second-order valence-electron chi connectivity index (χ2n) is 6.86. The van der Waals surface area contributed by atoms with Gasteiger partial charge in [-0.2, -0.15) is 10.4 Å². The Hall–Kier alpha value is -4.30. The van der Waals surface area contributed by atoms with Gasteiger partial charge in [-0.15, -0.1) is 0 Å². The van der Waals surface area contributed by atoms with Gasteiger partial charge in [0.2, 0.25) is 0 Å². The Morgan fingerprint density at radius 1 is 0.833 bits per heavy atom. The first-order valence-corrected chi connectivity index (χ1v) is 9.48. The molecule has 1 aromatic heterocycles. The van der Waals surface area contributed by atoms with Crippen LogP contribution in [-0.4, -0.2) is 15.7 Å². The maximum absolute atomic E-state index is 9.06. The minimum absolute atomic E-state index is 0.430. The highest BCUT2D eigenvalue weighted by Gasteiger charge is 2.15. The summed E-state index contributed by atoms with van der Waals surface area (Å²) < 4.78 is 0. The maximum atomic E-state index is 9.06. The summed E-state index contributed by atoms with van der Waals surface area (Å²) in [5, 5.41) is 13.0. The zero-order valence-electron chi connectivity index (χ0n) is 16.4. The predicted molar refractivity (Wildman–Crippen MR) is 119 cm³/mol. The van der Waals surface area contributed by atoms with Crippen LogP contribution in [0.5, 0.6) is 0 Å². The molecule has 1 heterocycles. The minimum atomic E-state index is 0.430. The standard InChI is InChI=1S/C25H19N5/c1-17-7-11-20(12-8-17)23-15-22(19-5-3-2-4-6-19)28-25(29-23)24(30-27)21-13-9-18(16-26)10-14-21/h2-15H,27H2,1H3/b30-24+. The molecule has 0 radical (unpaired) electrons. The summed E-state index contributed by atoms with van der Waals surface area (Å²) in [6, 6.07) is 29.2. The second kappa shape index (κ2) is 8.38. The molecule has 3 aromatic carbocycles. The summed E-state index contributed by atoms with van der Waals surface area (Å²) in [6.45, 7) is 2.05. The highest BCUT2D eigenvalue weighted by Crippen LogP contribution is 2.25. The third-order valence-electron chi connectivity index (χ3n) is 4.77. The Morgan fingerprint density at radius 2 is 1.43 bits per heavy atom. The normalized spacial score (nSPS) is 11.1. The Balaban J connectivity index is 1.88. The van der Waals surface area contributed by atoms with Crippen LogP contribution in [0.4, 0.5) is 0 Å². The first-order valence-electron chi connectivity index (χ1n) is 9.48. The Labute approximate surface area is 175 Å². The highest BCUT2D eigenvalue weighted by atomic mass is 15.1. The summed E-state index contributed by atoms with van der Waals surface area (Å²) in [5.41, 5.74) is 6.48. The lowest BCUT2D eigenvalue weighted by Gasteiger charge is -2.11. The fourth-order valence-corrected chi connectivity index (χ4v) is 3.15. The van der Waals surface area contributed by atoms with Gasteiger partial charge in [0, 0.05) is 16.7 Å². The molecule has 5 heteroatoms. The lowest BCUT2D eigenvalue weighted by atomic mass is 10.0. The molecular formula is C25H19N5. The van der Waals surface area contributed by atoms with E-state index in [0.29, 0.717) is 17.1 Å². The molecule has 0 unspecified atom stereocenters. The van der Waals surface area contributed by atoms with E-state index in [1.165, 1.54) is 5.56 Å². The van der Waals surface area contributed by atoms with Crippen molar-refractivity contribution >= 4 is 5.71 Å². The van der Waals surface area contributed by atoms with E-state index in [2.05, 4.69) is 30.2 Å². The monoisotopic (exact) mass is 389 g/mol. The van der Waals surface area contributed by atoms with Gasteiger partial charge in [0.15, 0.2) is 5.82 Å². The fourth-order valence-electron chi connectivity index (χ4n) is 3.15. The summed E-state index contributed by atoms with van der Waals surface area (Å²) >= 11 is 0. The molecule has 0 saturated heterocycles. The first-order chi connectivity index (χ1) is 14.7. The van der Waals surface area contributed by atoms with Crippen molar-refractivity contribution in [3.05, 3.63) is 107 Å². The molecule has 0 aliphatic rings. The molecule has 0 aliphatic heterocycles. The lowest BCUT2D eigenvalue weighted by molar-refractivity contribution is 1.12. The van der Waals surface area contributed by atoms with Gasteiger partial charge in [-0.25, -0.2) is 9.97 Å². The van der Waals surface area contributed by atoms with E-state index in [1.807, 2.05) is 48.5 Å². The van der Waals surface area contributed by atoms with Crippen molar-refractivity contribution in [2.45, 2.75) is 6.92 Å². The third-order valence-corrected chi connectivity index (χ3v) is 4.77. The Kier molecular flexibility index (Phi) is 5.31. The van der Waals surface area contributed by atoms with Crippen LogP contribution in [0, 0.1) is 18.3 Å². The van der Waals surface area contributed by atoms with Gasteiger partial charge in [0.25, 0.3) is 0 Å². The number of rotatable bonds is 4. The van der Waals surface area contributed by atoms with Gasteiger partial charge in [-0.1, -0.05) is 72.3 Å². The van der Waals surface area contributed by atoms with Crippen molar-refractivity contribution in [1.29, 1.82) is 5.26 Å². The highest BCUT2D eigenvalue weighted by molar-refractivity contribution is 6.10. The second-order valence-corrected chi connectivity index (χ2v) is 6.86. The van der Waals surface area contributed by atoms with Crippen LogP contribution in [0.2, 0.25) is 0 Å². The maximum Gasteiger partial charge on any atom is 0.181 e. The molecule has 0 atom stereocenters. The number of hydrogen-bond acceptors (Lipinski definition) is 5. The average Bonchev–Trinajstić information content (AvgIpc) is 2.81. The lowest BCUT2D eigenvalue weighted by Crippen LogP contribution is -2.12. The smallest absolute Gasteiger partial charge is 0.181 e. The molecule has 2 N–H and O–H groups in total. The van der Waals surface area contributed by atoms with E-state index in [4.69, 9.17) is 21.1 Å². The van der Waals surface area contributed by atoms with Gasteiger partial charge in [-0.05, 0) is 25.1 Å². The van der Waals surface area contributed by atoms with E-state index in [-0.39, 0.29) is 0 Å². The van der Waals surface area contributed by atoms with Crippen molar-refractivity contribution in [2.75, 3.05) is 0 Å². The van der Waals surface area contributed by atoms with Gasteiger partial charge in [0.05, 0.1) is 23.0 Å². The Bertz CT molecular complexity index is 1240. The van der Waals surface area contributed by atoms with E-state index in [1.54, 1.807) is 24.3 Å². The molecule has 0 bridgehead atoms. The zero-order chi connectivity index (χ0) is 20.9. The topological polar surface area (TPSA) is 88.0 Å². The van der Waals surface area contributed by atoms with Crippen LogP contribution in [0.1, 0.15) is 22.5 Å². The zero-order valence-corrected chi connectivity index (χ0v) is 16.4. The van der Waals surface area contributed by atoms with Gasteiger partial charge >= 0.3 is 0 Å². The van der Waals surface area contributed by atoms with Crippen molar-refractivity contribution in [3.8, 4) is 28.6 Å². The quantitative estimate of drug-likeness (QED) is 0.311. The van der Waals surface area contributed by atoms with Gasteiger partial charge in [-0.3, -0.25) is 0 Å². The van der Waals surface area contributed by atoms with E-state index in [9.17, 15) is 0 Å². The van der Waals surface area contributed by atoms with Crippen LogP contribution in [-0.2, 0) is 0 Å². The summed E-state index contributed by atoms with van der Waals surface area (Å²) in [7, 11) is 0. The third kappa shape index (κ3) is 3.94.